The Labute approximate surface area is 87.4 Å². The van der Waals surface area contributed by atoms with E-state index in [1.165, 1.54) is 12.8 Å². The molecule has 0 aromatic carbocycles. The molecule has 0 aromatic heterocycles. The first kappa shape index (κ1) is 12.0. The number of nitrogens with zero attached hydrogens (tertiary/aromatic N) is 1. The van der Waals surface area contributed by atoms with Gasteiger partial charge in [-0.2, -0.15) is 0 Å². The molecule has 1 aliphatic carbocycles. The summed E-state index contributed by atoms with van der Waals surface area (Å²) in [5, 5.41) is 0. The summed E-state index contributed by atoms with van der Waals surface area (Å²) in [6, 6.07) is 0. The molecule has 1 fully saturated rings. The molecule has 1 saturated carbocycles. The van der Waals surface area contributed by atoms with Crippen LogP contribution in [0.15, 0.2) is 0 Å². The van der Waals surface area contributed by atoms with E-state index in [9.17, 15) is 0 Å². The Morgan fingerprint density at radius 3 is 2.29 bits per heavy atom. The third kappa shape index (κ3) is 3.56. The van der Waals surface area contributed by atoms with Crippen LogP contribution in [0, 0.1) is 0 Å². The Morgan fingerprint density at radius 2 is 1.79 bits per heavy atom. The Morgan fingerprint density at radius 1 is 1.14 bits per heavy atom. The second-order valence-corrected chi connectivity index (χ2v) is 4.20. The van der Waals surface area contributed by atoms with Crippen molar-refractivity contribution in [2.45, 2.75) is 38.4 Å². The summed E-state index contributed by atoms with van der Waals surface area (Å²) in [6.07, 6.45) is 4.60. The number of hydrogen-bond acceptors (Lipinski definition) is 3. The summed E-state index contributed by atoms with van der Waals surface area (Å²) in [5.41, 5.74) is 0. The van der Waals surface area contributed by atoms with Gasteiger partial charge in [0.15, 0.2) is 5.79 Å². The molecular formula is C11H23NO2. The van der Waals surface area contributed by atoms with E-state index >= 15 is 0 Å². The quantitative estimate of drug-likeness (QED) is 0.612. The molecule has 0 aromatic rings. The lowest BCUT2D eigenvalue weighted by Gasteiger charge is -2.29. The van der Waals surface area contributed by atoms with E-state index in [0.29, 0.717) is 0 Å². The average molecular weight is 201 g/mol. The molecule has 0 heterocycles. The Bertz CT molecular complexity index is 153. The predicted octanol–water partition coefficient (Wildman–Crippen LogP) is 1.87. The highest BCUT2D eigenvalue weighted by molar-refractivity contribution is 4.77. The monoisotopic (exact) mass is 201 g/mol. The molecular weight excluding hydrogens is 178 g/mol. The van der Waals surface area contributed by atoms with Crippen LogP contribution in [0.2, 0.25) is 0 Å². The molecule has 1 aliphatic rings. The summed E-state index contributed by atoms with van der Waals surface area (Å²) in [4.78, 5) is 2.13. The summed E-state index contributed by atoms with van der Waals surface area (Å²) < 4.78 is 11.6. The van der Waals surface area contributed by atoms with Gasteiger partial charge in [-0.05, 0) is 33.9 Å². The lowest BCUT2D eigenvalue weighted by atomic mass is 10.2. The fourth-order valence-corrected chi connectivity index (χ4v) is 1.92. The number of ether oxygens (including phenoxy) is 2. The molecule has 14 heavy (non-hydrogen) atoms. The third-order valence-corrected chi connectivity index (χ3v) is 2.68. The van der Waals surface area contributed by atoms with Gasteiger partial charge in [-0.15, -0.1) is 0 Å². The second kappa shape index (κ2) is 5.69. The van der Waals surface area contributed by atoms with E-state index in [4.69, 9.17) is 9.47 Å². The van der Waals surface area contributed by atoms with Crippen molar-refractivity contribution in [1.82, 2.24) is 4.90 Å². The van der Waals surface area contributed by atoms with Crippen LogP contribution in [0.4, 0.5) is 0 Å². The molecule has 0 radical (unpaired) electrons. The van der Waals surface area contributed by atoms with E-state index in [1.54, 1.807) is 0 Å². The normalized spacial score (nSPS) is 20.6. The standard InChI is InChI=1S/C11H23NO2/c1-4-13-11(7-5-6-8-11)14-10-9-12(2)3/h4-10H2,1-3H3. The summed E-state index contributed by atoms with van der Waals surface area (Å²) in [5.74, 6) is -0.245. The van der Waals surface area contributed by atoms with Crippen molar-refractivity contribution in [2.75, 3.05) is 33.9 Å². The van der Waals surface area contributed by atoms with Crippen molar-refractivity contribution in [3.05, 3.63) is 0 Å². The molecule has 0 aliphatic heterocycles. The first-order chi connectivity index (χ1) is 6.68. The topological polar surface area (TPSA) is 21.7 Å². The molecule has 3 nitrogen and oxygen atoms in total. The fraction of sp³-hybridized carbons (Fsp3) is 1.00. The summed E-state index contributed by atoms with van der Waals surface area (Å²) in [7, 11) is 4.12. The lowest BCUT2D eigenvalue weighted by molar-refractivity contribution is -0.230. The van der Waals surface area contributed by atoms with Gasteiger partial charge in [0.2, 0.25) is 0 Å². The van der Waals surface area contributed by atoms with Gasteiger partial charge in [-0.1, -0.05) is 0 Å². The fourth-order valence-electron chi connectivity index (χ4n) is 1.92. The maximum atomic E-state index is 5.88. The van der Waals surface area contributed by atoms with Gasteiger partial charge >= 0.3 is 0 Å². The Hall–Kier alpha value is -0.120. The van der Waals surface area contributed by atoms with Crippen LogP contribution < -0.4 is 0 Å². The molecule has 0 N–H and O–H groups in total. The molecule has 1 rings (SSSR count). The van der Waals surface area contributed by atoms with Crippen LogP contribution in [0.1, 0.15) is 32.6 Å². The van der Waals surface area contributed by atoms with Crippen molar-refractivity contribution in [2.24, 2.45) is 0 Å². The smallest absolute Gasteiger partial charge is 0.168 e. The second-order valence-electron chi connectivity index (χ2n) is 4.20. The van der Waals surface area contributed by atoms with Crippen molar-refractivity contribution >= 4 is 0 Å². The van der Waals surface area contributed by atoms with E-state index < -0.39 is 0 Å². The molecule has 0 amide bonds. The van der Waals surface area contributed by atoms with E-state index in [2.05, 4.69) is 19.0 Å². The van der Waals surface area contributed by atoms with Gasteiger partial charge in [-0.3, -0.25) is 0 Å². The zero-order valence-corrected chi connectivity index (χ0v) is 9.71. The van der Waals surface area contributed by atoms with Gasteiger partial charge in [0.25, 0.3) is 0 Å². The van der Waals surface area contributed by atoms with E-state index in [1.807, 2.05) is 6.92 Å². The maximum absolute atomic E-state index is 5.88. The van der Waals surface area contributed by atoms with Crippen LogP contribution in [0.3, 0.4) is 0 Å². The molecule has 84 valence electrons. The minimum Gasteiger partial charge on any atom is -0.350 e. The molecule has 0 atom stereocenters. The van der Waals surface area contributed by atoms with Crippen molar-refractivity contribution in [3.63, 3.8) is 0 Å². The van der Waals surface area contributed by atoms with Crippen molar-refractivity contribution < 1.29 is 9.47 Å². The highest BCUT2D eigenvalue weighted by Gasteiger charge is 2.35. The van der Waals surface area contributed by atoms with Crippen molar-refractivity contribution in [1.29, 1.82) is 0 Å². The van der Waals surface area contributed by atoms with Crippen LogP contribution in [-0.4, -0.2) is 44.5 Å². The van der Waals surface area contributed by atoms with E-state index in [0.717, 1.165) is 32.6 Å². The first-order valence-corrected chi connectivity index (χ1v) is 5.61. The van der Waals surface area contributed by atoms with Crippen LogP contribution in [-0.2, 0) is 9.47 Å². The predicted molar refractivity (Wildman–Crippen MR) is 57.3 cm³/mol. The number of rotatable bonds is 6. The molecule has 0 spiro atoms. The Balaban J connectivity index is 2.28. The molecule has 3 heteroatoms. The number of likely N-dealkylation sites (N-methyl/N-ethyl adjacent to an activating group) is 1. The van der Waals surface area contributed by atoms with Gasteiger partial charge in [0.1, 0.15) is 0 Å². The highest BCUT2D eigenvalue weighted by Crippen LogP contribution is 2.34. The maximum Gasteiger partial charge on any atom is 0.168 e. The average Bonchev–Trinajstić information content (AvgIpc) is 2.53. The van der Waals surface area contributed by atoms with Gasteiger partial charge < -0.3 is 14.4 Å². The van der Waals surface area contributed by atoms with Gasteiger partial charge in [0.05, 0.1) is 6.61 Å². The van der Waals surface area contributed by atoms with Crippen LogP contribution in [0.5, 0.6) is 0 Å². The summed E-state index contributed by atoms with van der Waals surface area (Å²) >= 11 is 0. The SMILES string of the molecule is CCOC1(OCCN(C)C)CCCC1. The van der Waals surface area contributed by atoms with Gasteiger partial charge in [0, 0.05) is 26.0 Å². The summed E-state index contributed by atoms with van der Waals surface area (Å²) in [6.45, 7) is 4.53. The Kier molecular flexibility index (Phi) is 4.85. The first-order valence-electron chi connectivity index (χ1n) is 5.61. The lowest BCUT2D eigenvalue weighted by Crippen LogP contribution is -2.35. The van der Waals surface area contributed by atoms with Crippen LogP contribution >= 0.6 is 0 Å². The van der Waals surface area contributed by atoms with E-state index in [-0.39, 0.29) is 5.79 Å². The molecule has 0 bridgehead atoms. The largest absolute Gasteiger partial charge is 0.350 e. The molecule has 0 saturated heterocycles. The number of hydrogen-bond donors (Lipinski definition) is 0. The minimum absolute atomic E-state index is 0.245. The van der Waals surface area contributed by atoms with Crippen LogP contribution in [0.25, 0.3) is 0 Å². The van der Waals surface area contributed by atoms with Gasteiger partial charge in [-0.25, -0.2) is 0 Å². The highest BCUT2D eigenvalue weighted by atomic mass is 16.7. The zero-order chi connectivity index (χ0) is 10.4. The van der Waals surface area contributed by atoms with Crippen molar-refractivity contribution in [3.8, 4) is 0 Å². The minimum atomic E-state index is -0.245. The molecule has 0 unspecified atom stereocenters. The third-order valence-electron chi connectivity index (χ3n) is 2.68. The zero-order valence-electron chi connectivity index (χ0n) is 9.71.